The fraction of sp³-hybridized carbons (Fsp3) is 0.448. The molecule has 1 heteroatoms. The van der Waals surface area contributed by atoms with Crippen molar-refractivity contribution < 1.29 is 4.74 Å². The normalized spacial score (nSPS) is 10.5. The highest BCUT2D eigenvalue weighted by atomic mass is 16.5. The van der Waals surface area contributed by atoms with E-state index in [4.69, 9.17) is 4.74 Å². The van der Waals surface area contributed by atoms with Crippen LogP contribution in [0.25, 0.3) is 10.8 Å². The van der Waals surface area contributed by atoms with E-state index < -0.39 is 0 Å². The molecule has 0 aliphatic heterocycles. The van der Waals surface area contributed by atoms with Gasteiger partial charge in [-0.15, -0.1) is 0 Å². The first-order valence-corrected chi connectivity index (χ1v) is 12.0. The summed E-state index contributed by atoms with van der Waals surface area (Å²) in [7, 11) is 0. The van der Waals surface area contributed by atoms with Crippen molar-refractivity contribution in [2.24, 2.45) is 0 Å². The molecule has 162 valence electrons. The van der Waals surface area contributed by atoms with Gasteiger partial charge in [-0.05, 0) is 47.7 Å². The van der Waals surface area contributed by atoms with Gasteiger partial charge in [-0.2, -0.15) is 0 Å². The smallest absolute Gasteiger partial charge is 0.119 e. The Morgan fingerprint density at radius 2 is 1.20 bits per heavy atom. The van der Waals surface area contributed by atoms with Crippen molar-refractivity contribution in [2.75, 3.05) is 6.61 Å². The number of ether oxygens (including phenoxy) is 1. The van der Waals surface area contributed by atoms with Crippen molar-refractivity contribution in [3.05, 3.63) is 78.4 Å². The number of hydrogen-bond acceptors (Lipinski definition) is 1. The molecule has 0 aliphatic carbocycles. The monoisotopic (exact) mass is 404 g/mol. The van der Waals surface area contributed by atoms with E-state index in [-0.39, 0.29) is 0 Å². The summed E-state index contributed by atoms with van der Waals surface area (Å²) in [6.07, 6.45) is 13.1. The van der Waals surface area contributed by atoms with Gasteiger partial charge in [0.05, 0.1) is 6.61 Å². The number of unbranched alkanes of at least 4 members (excludes halogenated alkanes) is 7. The Morgan fingerprint density at radius 3 is 1.97 bits per heavy atom. The van der Waals surface area contributed by atoms with Crippen molar-refractivity contribution >= 4 is 10.8 Å². The number of para-hydroxylation sites is 1. The Bertz CT molecular complexity index is 788. The lowest BCUT2D eigenvalue weighted by molar-refractivity contribution is 0.304. The average molecular weight is 405 g/mol. The van der Waals surface area contributed by atoms with Crippen LogP contribution in [0.3, 0.4) is 0 Å². The van der Waals surface area contributed by atoms with Gasteiger partial charge < -0.3 is 4.74 Å². The molecule has 1 nitrogen and oxygen atoms in total. The van der Waals surface area contributed by atoms with Gasteiger partial charge in [0.2, 0.25) is 0 Å². The summed E-state index contributed by atoms with van der Waals surface area (Å²) in [5, 5.41) is 2.78. The SMILES string of the molecule is CCCCCCCCCOc1ccccc1.CCCCc1cccc2ccccc12. The highest BCUT2D eigenvalue weighted by Crippen LogP contribution is 2.20. The first-order chi connectivity index (χ1) is 14.8. The molecule has 0 saturated heterocycles. The van der Waals surface area contributed by atoms with Crippen molar-refractivity contribution in [1.29, 1.82) is 0 Å². The number of rotatable bonds is 12. The molecule has 3 aromatic rings. The van der Waals surface area contributed by atoms with E-state index in [1.165, 1.54) is 80.5 Å². The largest absolute Gasteiger partial charge is 0.494 e. The van der Waals surface area contributed by atoms with Crippen molar-refractivity contribution in [3.8, 4) is 5.75 Å². The molecule has 0 N–H and O–H groups in total. The minimum absolute atomic E-state index is 0.859. The Labute approximate surface area is 184 Å². The molecule has 0 fully saturated rings. The van der Waals surface area contributed by atoms with Crippen LogP contribution in [0.4, 0.5) is 0 Å². The van der Waals surface area contributed by atoms with Crippen LogP contribution in [0.15, 0.2) is 72.8 Å². The molecule has 0 aromatic heterocycles. The molecule has 0 atom stereocenters. The molecular weight excluding hydrogens is 364 g/mol. The Morgan fingerprint density at radius 1 is 0.567 bits per heavy atom. The minimum atomic E-state index is 0.859. The molecule has 0 aliphatic rings. The Hall–Kier alpha value is -2.28. The first kappa shape index (κ1) is 24.0. The van der Waals surface area contributed by atoms with Crippen molar-refractivity contribution in [3.63, 3.8) is 0 Å². The Balaban J connectivity index is 0.000000215. The van der Waals surface area contributed by atoms with Gasteiger partial charge >= 0.3 is 0 Å². The number of fused-ring (bicyclic) bond motifs is 1. The third-order valence-electron chi connectivity index (χ3n) is 5.44. The molecule has 0 heterocycles. The van der Waals surface area contributed by atoms with E-state index in [0.29, 0.717) is 0 Å². The molecule has 0 spiro atoms. The van der Waals surface area contributed by atoms with Crippen LogP contribution in [0.5, 0.6) is 5.75 Å². The summed E-state index contributed by atoms with van der Waals surface area (Å²) < 4.78 is 5.63. The van der Waals surface area contributed by atoms with Crippen molar-refractivity contribution in [2.45, 2.75) is 78.1 Å². The molecule has 0 amide bonds. The molecule has 0 unspecified atom stereocenters. The summed E-state index contributed by atoms with van der Waals surface area (Å²) in [4.78, 5) is 0. The molecular formula is C29H40O. The second kappa shape index (κ2) is 15.5. The van der Waals surface area contributed by atoms with Gasteiger partial charge in [-0.3, -0.25) is 0 Å². The summed E-state index contributed by atoms with van der Waals surface area (Å²) in [6.45, 7) is 5.36. The number of aryl methyl sites for hydroxylation is 1. The Kier molecular flexibility index (Phi) is 12.4. The molecule has 0 bridgehead atoms. The second-order valence-corrected chi connectivity index (χ2v) is 8.02. The fourth-order valence-electron chi connectivity index (χ4n) is 3.64. The van der Waals surface area contributed by atoms with E-state index in [2.05, 4.69) is 56.3 Å². The average Bonchev–Trinajstić information content (AvgIpc) is 2.80. The molecule has 0 radical (unpaired) electrons. The highest BCUT2D eigenvalue weighted by Gasteiger charge is 1.98. The predicted octanol–water partition coefficient (Wildman–Crippen LogP) is 9.00. The predicted molar refractivity (Wildman–Crippen MR) is 132 cm³/mol. The zero-order chi connectivity index (χ0) is 21.3. The maximum atomic E-state index is 5.63. The van der Waals surface area contributed by atoms with E-state index in [0.717, 1.165) is 12.4 Å². The van der Waals surface area contributed by atoms with Gasteiger partial charge in [0, 0.05) is 0 Å². The third kappa shape index (κ3) is 9.48. The molecule has 0 saturated carbocycles. The van der Waals surface area contributed by atoms with Gasteiger partial charge in [0.15, 0.2) is 0 Å². The van der Waals surface area contributed by atoms with Crippen LogP contribution >= 0.6 is 0 Å². The van der Waals surface area contributed by atoms with Crippen LogP contribution in [-0.4, -0.2) is 6.61 Å². The standard InChI is InChI=1S/C15H24O.C14H16/c1-2-3-4-5-6-7-11-14-16-15-12-9-8-10-13-15;1-2-3-7-12-9-6-10-13-8-4-5-11-14(12)13/h8-10,12-13H,2-7,11,14H2,1H3;4-6,8-11H,2-3,7H2,1H3. The lowest BCUT2D eigenvalue weighted by atomic mass is 10.0. The lowest BCUT2D eigenvalue weighted by Gasteiger charge is -2.05. The minimum Gasteiger partial charge on any atom is -0.494 e. The quantitative estimate of drug-likeness (QED) is 0.274. The second-order valence-electron chi connectivity index (χ2n) is 8.02. The summed E-state index contributed by atoms with van der Waals surface area (Å²) >= 11 is 0. The molecule has 3 aromatic carbocycles. The van der Waals surface area contributed by atoms with Gasteiger partial charge in [-0.25, -0.2) is 0 Å². The summed E-state index contributed by atoms with van der Waals surface area (Å²) in [5.41, 5.74) is 1.49. The van der Waals surface area contributed by atoms with Gasteiger partial charge in [0.1, 0.15) is 5.75 Å². The maximum Gasteiger partial charge on any atom is 0.119 e. The van der Waals surface area contributed by atoms with Gasteiger partial charge in [-0.1, -0.05) is 119 Å². The fourth-order valence-corrected chi connectivity index (χ4v) is 3.64. The first-order valence-electron chi connectivity index (χ1n) is 12.0. The highest BCUT2D eigenvalue weighted by molar-refractivity contribution is 5.85. The van der Waals surface area contributed by atoms with Crippen LogP contribution in [0.2, 0.25) is 0 Å². The number of hydrogen-bond donors (Lipinski definition) is 0. The van der Waals surface area contributed by atoms with E-state index in [1.807, 2.05) is 30.3 Å². The zero-order valence-electron chi connectivity index (χ0n) is 19.1. The lowest BCUT2D eigenvalue weighted by Crippen LogP contribution is -1.96. The van der Waals surface area contributed by atoms with Crippen molar-refractivity contribution in [1.82, 2.24) is 0 Å². The number of benzene rings is 3. The van der Waals surface area contributed by atoms with Crippen LogP contribution in [0, 0.1) is 0 Å². The van der Waals surface area contributed by atoms with Gasteiger partial charge in [0.25, 0.3) is 0 Å². The summed E-state index contributed by atoms with van der Waals surface area (Å²) in [5.74, 6) is 0.994. The van der Waals surface area contributed by atoms with Crippen LogP contribution in [0.1, 0.15) is 77.2 Å². The topological polar surface area (TPSA) is 9.23 Å². The molecule has 3 rings (SSSR count). The van der Waals surface area contributed by atoms with Crippen LogP contribution in [-0.2, 0) is 6.42 Å². The van der Waals surface area contributed by atoms with Crippen LogP contribution < -0.4 is 4.74 Å². The van der Waals surface area contributed by atoms with E-state index in [9.17, 15) is 0 Å². The zero-order valence-corrected chi connectivity index (χ0v) is 19.1. The third-order valence-corrected chi connectivity index (χ3v) is 5.44. The van der Waals surface area contributed by atoms with E-state index >= 15 is 0 Å². The summed E-state index contributed by atoms with van der Waals surface area (Å²) in [6, 6.07) is 25.3. The molecule has 30 heavy (non-hydrogen) atoms. The van der Waals surface area contributed by atoms with E-state index in [1.54, 1.807) is 0 Å². The maximum absolute atomic E-state index is 5.63.